The second-order valence-electron chi connectivity index (χ2n) is 6.48. The highest BCUT2D eigenvalue weighted by molar-refractivity contribution is 5.85. The van der Waals surface area contributed by atoms with Gasteiger partial charge in [-0.15, -0.1) is 12.4 Å². The van der Waals surface area contributed by atoms with Gasteiger partial charge in [-0.2, -0.15) is 0 Å². The fraction of sp³-hybridized carbons (Fsp3) is 0.857. The van der Waals surface area contributed by atoms with Gasteiger partial charge in [0.25, 0.3) is 0 Å². The predicted molar refractivity (Wildman–Crippen MR) is 83.0 cm³/mol. The van der Waals surface area contributed by atoms with E-state index < -0.39 is 0 Å². The second kappa shape index (κ2) is 8.47. The summed E-state index contributed by atoms with van der Waals surface area (Å²) in [6.07, 6.45) is 2.57. The van der Waals surface area contributed by atoms with Crippen LogP contribution in [0, 0.1) is 5.41 Å². The van der Waals surface area contributed by atoms with Gasteiger partial charge >= 0.3 is 0 Å². The number of halogens is 1. The summed E-state index contributed by atoms with van der Waals surface area (Å²) in [7, 11) is 1.92. The number of piperidine rings is 1. The van der Waals surface area contributed by atoms with Crippen molar-refractivity contribution in [2.24, 2.45) is 5.41 Å². The molecule has 0 aromatic rings. The molecule has 0 aliphatic carbocycles. The lowest BCUT2D eigenvalue weighted by molar-refractivity contribution is -0.134. The van der Waals surface area contributed by atoms with Gasteiger partial charge in [0.05, 0.1) is 6.54 Å². The van der Waals surface area contributed by atoms with Crippen molar-refractivity contribution in [2.45, 2.75) is 46.1 Å². The molecule has 1 unspecified atom stereocenters. The van der Waals surface area contributed by atoms with Crippen LogP contribution < -0.4 is 10.6 Å². The van der Waals surface area contributed by atoms with Crippen molar-refractivity contribution in [1.29, 1.82) is 0 Å². The van der Waals surface area contributed by atoms with E-state index in [1.165, 1.54) is 0 Å². The Morgan fingerprint density at radius 1 is 1.30 bits per heavy atom. The fourth-order valence-electron chi connectivity index (χ4n) is 2.27. The summed E-state index contributed by atoms with van der Waals surface area (Å²) in [4.78, 5) is 25.5. The number of nitrogens with zero attached hydrogens (tertiary/aromatic N) is 1. The molecule has 0 radical (unpaired) electrons. The molecule has 1 atom stereocenters. The van der Waals surface area contributed by atoms with Crippen molar-refractivity contribution in [2.75, 3.05) is 26.7 Å². The number of nitrogens with one attached hydrogen (secondary N) is 2. The molecule has 0 saturated carbocycles. The zero-order valence-electron chi connectivity index (χ0n) is 13.0. The maximum Gasteiger partial charge on any atom is 0.242 e. The van der Waals surface area contributed by atoms with Gasteiger partial charge in [0.2, 0.25) is 11.8 Å². The average Bonchev–Trinajstić information content (AvgIpc) is 2.34. The number of hydrogen-bond donors (Lipinski definition) is 2. The number of likely N-dealkylation sites (N-methyl/N-ethyl adjacent to an activating group) is 1. The van der Waals surface area contributed by atoms with Crippen LogP contribution in [0.5, 0.6) is 0 Å². The number of likely N-dealkylation sites (tertiary alicyclic amines) is 1. The topological polar surface area (TPSA) is 61.4 Å². The molecule has 1 saturated heterocycles. The minimum absolute atomic E-state index is 0. The largest absolute Gasteiger partial charge is 0.347 e. The lowest BCUT2D eigenvalue weighted by Gasteiger charge is -2.32. The molecule has 0 spiro atoms. The summed E-state index contributed by atoms with van der Waals surface area (Å²) in [5.41, 5.74) is -0.0461. The van der Waals surface area contributed by atoms with Gasteiger partial charge in [-0.25, -0.2) is 0 Å². The van der Waals surface area contributed by atoms with Crippen molar-refractivity contribution in [3.63, 3.8) is 0 Å². The molecule has 2 N–H and O–H groups in total. The summed E-state index contributed by atoms with van der Waals surface area (Å²) in [6, 6.07) is 0.378. The SMILES string of the molecule is CNC1CCCN(C(=O)CNC(=O)CC(C)(C)C)C1.Cl. The van der Waals surface area contributed by atoms with Gasteiger partial charge in [-0.3, -0.25) is 9.59 Å². The fourth-order valence-corrected chi connectivity index (χ4v) is 2.27. The molecule has 1 heterocycles. The first kappa shape index (κ1) is 19.2. The van der Waals surface area contributed by atoms with E-state index in [0.29, 0.717) is 12.5 Å². The molecule has 1 aliphatic rings. The van der Waals surface area contributed by atoms with Crippen LogP contribution in [-0.2, 0) is 9.59 Å². The Kier molecular flexibility index (Phi) is 8.13. The summed E-state index contributed by atoms with van der Waals surface area (Å²) >= 11 is 0. The Labute approximate surface area is 128 Å². The normalized spacial score (nSPS) is 19.2. The molecular formula is C14H28ClN3O2. The molecule has 0 aromatic carbocycles. The van der Waals surface area contributed by atoms with E-state index in [0.717, 1.165) is 25.9 Å². The highest BCUT2D eigenvalue weighted by Gasteiger charge is 2.23. The minimum atomic E-state index is -0.0528. The Hall–Kier alpha value is -0.810. The van der Waals surface area contributed by atoms with Gasteiger partial charge in [-0.1, -0.05) is 20.8 Å². The Morgan fingerprint density at radius 3 is 2.50 bits per heavy atom. The molecule has 5 nitrogen and oxygen atoms in total. The Morgan fingerprint density at radius 2 is 1.95 bits per heavy atom. The third-order valence-corrected chi connectivity index (χ3v) is 3.31. The van der Waals surface area contributed by atoms with Crippen LogP contribution in [0.4, 0.5) is 0 Å². The van der Waals surface area contributed by atoms with E-state index in [1.54, 1.807) is 0 Å². The van der Waals surface area contributed by atoms with E-state index >= 15 is 0 Å². The maximum absolute atomic E-state index is 12.0. The summed E-state index contributed by atoms with van der Waals surface area (Å²) in [6.45, 7) is 7.69. The lowest BCUT2D eigenvalue weighted by Crippen LogP contribution is -2.49. The Bertz CT molecular complexity index is 329. The summed E-state index contributed by atoms with van der Waals surface area (Å²) < 4.78 is 0. The van der Waals surface area contributed by atoms with Gasteiger partial charge < -0.3 is 15.5 Å². The monoisotopic (exact) mass is 305 g/mol. The molecule has 0 bridgehead atoms. The molecule has 118 valence electrons. The van der Waals surface area contributed by atoms with Gasteiger partial charge in [0.15, 0.2) is 0 Å². The quantitative estimate of drug-likeness (QED) is 0.820. The molecule has 1 fully saturated rings. The molecule has 1 aliphatic heterocycles. The van der Waals surface area contributed by atoms with E-state index in [2.05, 4.69) is 10.6 Å². The van der Waals surface area contributed by atoms with Gasteiger partial charge in [-0.05, 0) is 25.3 Å². The number of amides is 2. The standard InChI is InChI=1S/C14H27N3O2.ClH/c1-14(2,3)8-12(18)16-9-13(19)17-7-5-6-11(10-17)15-4;/h11,15H,5-10H2,1-4H3,(H,16,18);1H. The average molecular weight is 306 g/mol. The van der Waals surface area contributed by atoms with Crippen LogP contribution in [0.15, 0.2) is 0 Å². The predicted octanol–water partition coefficient (Wildman–Crippen LogP) is 1.17. The van der Waals surface area contributed by atoms with Crippen LogP contribution in [0.2, 0.25) is 0 Å². The smallest absolute Gasteiger partial charge is 0.242 e. The molecule has 6 heteroatoms. The first-order valence-corrected chi connectivity index (χ1v) is 7.03. The molecular weight excluding hydrogens is 278 g/mol. The van der Waals surface area contributed by atoms with E-state index in [-0.39, 0.29) is 36.2 Å². The van der Waals surface area contributed by atoms with Crippen molar-refractivity contribution in [1.82, 2.24) is 15.5 Å². The first-order valence-electron chi connectivity index (χ1n) is 7.03. The van der Waals surface area contributed by atoms with E-state index in [4.69, 9.17) is 0 Å². The third kappa shape index (κ3) is 7.10. The van der Waals surface area contributed by atoms with Crippen LogP contribution in [0.3, 0.4) is 0 Å². The van der Waals surface area contributed by atoms with Crippen molar-refractivity contribution < 1.29 is 9.59 Å². The first-order chi connectivity index (χ1) is 8.81. The van der Waals surface area contributed by atoms with Gasteiger partial charge in [0, 0.05) is 25.6 Å². The summed E-state index contributed by atoms with van der Waals surface area (Å²) in [5, 5.41) is 5.92. The summed E-state index contributed by atoms with van der Waals surface area (Å²) in [5.74, 6) is -0.0368. The zero-order chi connectivity index (χ0) is 14.5. The maximum atomic E-state index is 12.0. The van der Waals surface area contributed by atoms with Gasteiger partial charge in [0.1, 0.15) is 0 Å². The highest BCUT2D eigenvalue weighted by Crippen LogP contribution is 2.17. The number of carbonyl (C=O) groups excluding carboxylic acids is 2. The van der Waals surface area contributed by atoms with Crippen molar-refractivity contribution >= 4 is 24.2 Å². The third-order valence-electron chi connectivity index (χ3n) is 3.31. The van der Waals surface area contributed by atoms with Crippen LogP contribution in [0.1, 0.15) is 40.0 Å². The zero-order valence-corrected chi connectivity index (χ0v) is 13.8. The van der Waals surface area contributed by atoms with Crippen molar-refractivity contribution in [3.8, 4) is 0 Å². The van der Waals surface area contributed by atoms with Crippen LogP contribution >= 0.6 is 12.4 Å². The lowest BCUT2D eigenvalue weighted by atomic mass is 9.92. The highest BCUT2D eigenvalue weighted by atomic mass is 35.5. The number of carbonyl (C=O) groups is 2. The molecule has 2 amide bonds. The molecule has 20 heavy (non-hydrogen) atoms. The van der Waals surface area contributed by atoms with E-state index in [1.807, 2.05) is 32.7 Å². The second-order valence-corrected chi connectivity index (χ2v) is 6.48. The number of rotatable bonds is 4. The molecule has 0 aromatic heterocycles. The van der Waals surface area contributed by atoms with Crippen LogP contribution in [0.25, 0.3) is 0 Å². The Balaban J connectivity index is 0.00000361. The minimum Gasteiger partial charge on any atom is -0.347 e. The number of hydrogen-bond acceptors (Lipinski definition) is 3. The van der Waals surface area contributed by atoms with E-state index in [9.17, 15) is 9.59 Å². The van der Waals surface area contributed by atoms with Crippen molar-refractivity contribution in [3.05, 3.63) is 0 Å². The van der Waals surface area contributed by atoms with Crippen LogP contribution in [-0.4, -0.2) is 49.4 Å². The molecule has 1 rings (SSSR count).